The fraction of sp³-hybridized carbons (Fsp3) is 0.138. The quantitative estimate of drug-likeness (QED) is 0.187. The van der Waals surface area contributed by atoms with Gasteiger partial charge < -0.3 is 34.9 Å². The zero-order valence-corrected chi connectivity index (χ0v) is 23.5. The highest BCUT2D eigenvalue weighted by molar-refractivity contribution is 7.80. The molecule has 42 heavy (non-hydrogen) atoms. The van der Waals surface area contributed by atoms with Crippen molar-refractivity contribution in [1.82, 2.24) is 10.3 Å². The molecule has 0 unspecified atom stereocenters. The fourth-order valence-electron chi connectivity index (χ4n) is 4.68. The van der Waals surface area contributed by atoms with Crippen molar-refractivity contribution in [2.75, 3.05) is 23.9 Å². The van der Waals surface area contributed by atoms with Crippen LogP contribution < -0.4 is 15.5 Å². The minimum absolute atomic E-state index is 0.129. The van der Waals surface area contributed by atoms with Gasteiger partial charge in [-0.25, -0.2) is 9.59 Å². The van der Waals surface area contributed by atoms with Gasteiger partial charge in [0.15, 0.2) is 5.11 Å². The van der Waals surface area contributed by atoms with Crippen molar-refractivity contribution in [2.24, 2.45) is 0 Å². The molecule has 0 radical (unpaired) electrons. The first-order valence-corrected chi connectivity index (χ1v) is 13.3. The Morgan fingerprint density at radius 1 is 1.07 bits per heavy atom. The molecule has 0 aliphatic carbocycles. The summed E-state index contributed by atoms with van der Waals surface area (Å²) in [4.78, 5) is 41.6. The summed E-state index contributed by atoms with van der Waals surface area (Å²) in [5.74, 6) is -2.19. The van der Waals surface area contributed by atoms with E-state index in [-0.39, 0.29) is 40.0 Å². The molecular formula is C29H23ClN4O7S. The molecular weight excluding hydrogens is 584 g/mol. The molecule has 1 aliphatic rings. The minimum Gasteiger partial charge on any atom is -0.478 e. The Labute approximate surface area is 249 Å². The molecule has 214 valence electrons. The summed E-state index contributed by atoms with van der Waals surface area (Å²) in [5, 5.41) is 25.6. The van der Waals surface area contributed by atoms with Gasteiger partial charge in [-0.2, -0.15) is 0 Å². The maximum atomic E-state index is 12.0. The second-order valence-corrected chi connectivity index (χ2v) is 10.0. The molecule has 3 heterocycles. The molecule has 2 aromatic carbocycles. The normalized spacial score (nSPS) is 16.2. The monoisotopic (exact) mass is 606 g/mol. The first-order chi connectivity index (χ1) is 20.2. The van der Waals surface area contributed by atoms with E-state index in [4.69, 9.17) is 33.0 Å². The number of rotatable bonds is 9. The summed E-state index contributed by atoms with van der Waals surface area (Å²) >= 11 is 12.3. The number of ether oxygens (including phenoxy) is 1. The zero-order chi connectivity index (χ0) is 30.0. The molecule has 1 aliphatic heterocycles. The standard InChI is InChI=1S/C29H23ClN4O7S/c1-40-14-24(35)32-20-6-5-18(13-19(20)30)34-26(25(33-29(34)42)21-4-2-3-9-31-21)23-8-7-22(41-23)15-10-16(27(36)37)12-17(11-15)28(38)39/h2-13,25-26H,14H2,1H3,(H,32,35)(H,33,42)(H,36,37)(H,38,39)/t25-,26+/m1/s1. The van der Waals surface area contributed by atoms with Crippen LogP contribution >= 0.6 is 23.8 Å². The average Bonchev–Trinajstić information content (AvgIpc) is 3.59. The Morgan fingerprint density at radius 3 is 2.43 bits per heavy atom. The third-order valence-corrected chi connectivity index (χ3v) is 7.14. The first kappa shape index (κ1) is 28.7. The molecule has 0 spiro atoms. The average molecular weight is 607 g/mol. The maximum Gasteiger partial charge on any atom is 0.335 e. The molecule has 4 aromatic rings. The minimum atomic E-state index is -1.27. The lowest BCUT2D eigenvalue weighted by Gasteiger charge is -2.26. The largest absolute Gasteiger partial charge is 0.478 e. The third kappa shape index (κ3) is 5.81. The molecule has 1 amide bonds. The van der Waals surface area contributed by atoms with Crippen LogP contribution in [0.1, 0.15) is 44.3 Å². The highest BCUT2D eigenvalue weighted by Crippen LogP contribution is 2.44. The second-order valence-electron chi connectivity index (χ2n) is 9.25. The van der Waals surface area contributed by atoms with Gasteiger partial charge in [-0.3, -0.25) is 9.78 Å². The number of hydrogen-bond donors (Lipinski definition) is 4. The van der Waals surface area contributed by atoms with Gasteiger partial charge in [-0.1, -0.05) is 17.7 Å². The van der Waals surface area contributed by atoms with Gasteiger partial charge in [0, 0.05) is 24.6 Å². The van der Waals surface area contributed by atoms with Crippen LogP contribution in [-0.4, -0.2) is 51.9 Å². The number of carbonyl (C=O) groups is 3. The van der Waals surface area contributed by atoms with Gasteiger partial charge in [0.1, 0.15) is 24.2 Å². The Balaban J connectivity index is 1.57. The number of thiocarbonyl (C=S) groups is 1. The van der Waals surface area contributed by atoms with Crippen LogP contribution in [0, 0.1) is 0 Å². The van der Waals surface area contributed by atoms with Crippen molar-refractivity contribution in [3.05, 3.63) is 101 Å². The molecule has 11 nitrogen and oxygen atoms in total. The van der Waals surface area contributed by atoms with Crippen LogP contribution in [0.3, 0.4) is 0 Å². The number of furan rings is 1. The lowest BCUT2D eigenvalue weighted by molar-refractivity contribution is -0.119. The van der Waals surface area contributed by atoms with E-state index < -0.39 is 24.0 Å². The first-order valence-electron chi connectivity index (χ1n) is 12.5. The number of carboxylic acid groups (broad SMARTS) is 2. The van der Waals surface area contributed by atoms with E-state index in [1.165, 1.54) is 19.2 Å². The number of carbonyl (C=O) groups excluding carboxylic acids is 1. The van der Waals surface area contributed by atoms with E-state index in [0.717, 1.165) is 6.07 Å². The van der Waals surface area contributed by atoms with Gasteiger partial charge in [-0.15, -0.1) is 0 Å². The highest BCUT2D eigenvalue weighted by atomic mass is 35.5. The molecule has 0 bridgehead atoms. The van der Waals surface area contributed by atoms with Crippen LogP contribution in [0.15, 0.2) is 77.3 Å². The summed E-state index contributed by atoms with van der Waals surface area (Å²) in [6.45, 7) is -0.129. The number of aromatic carboxylic acids is 2. The van der Waals surface area contributed by atoms with Crippen molar-refractivity contribution in [1.29, 1.82) is 0 Å². The molecule has 2 aromatic heterocycles. The molecule has 4 N–H and O–H groups in total. The molecule has 5 rings (SSSR count). The van der Waals surface area contributed by atoms with Crippen LogP contribution in [0.5, 0.6) is 0 Å². The Morgan fingerprint density at radius 2 is 1.81 bits per heavy atom. The zero-order valence-electron chi connectivity index (χ0n) is 21.9. The number of pyridine rings is 1. The topological polar surface area (TPSA) is 154 Å². The number of aromatic nitrogens is 1. The second kappa shape index (κ2) is 12.0. The van der Waals surface area contributed by atoms with E-state index in [1.807, 2.05) is 12.1 Å². The van der Waals surface area contributed by atoms with Gasteiger partial charge >= 0.3 is 11.9 Å². The number of benzene rings is 2. The molecule has 13 heteroatoms. The van der Waals surface area contributed by atoms with E-state index in [1.54, 1.807) is 47.5 Å². The molecule has 1 saturated heterocycles. The van der Waals surface area contributed by atoms with Crippen molar-refractivity contribution < 1.29 is 33.8 Å². The van der Waals surface area contributed by atoms with Crippen molar-refractivity contribution >= 4 is 58.2 Å². The number of nitrogens with zero attached hydrogens (tertiary/aromatic N) is 2. The van der Waals surface area contributed by atoms with Crippen molar-refractivity contribution in [3.8, 4) is 11.3 Å². The van der Waals surface area contributed by atoms with Gasteiger partial charge in [0.25, 0.3) is 0 Å². The summed E-state index contributed by atoms with van der Waals surface area (Å²) in [6, 6.07) is 16.6. The van der Waals surface area contributed by atoms with E-state index >= 15 is 0 Å². The molecule has 2 atom stereocenters. The number of methoxy groups -OCH3 is 1. The van der Waals surface area contributed by atoms with E-state index in [2.05, 4.69) is 15.6 Å². The lowest BCUT2D eigenvalue weighted by atomic mass is 10.0. The Kier molecular flexibility index (Phi) is 8.20. The smallest absolute Gasteiger partial charge is 0.335 e. The summed E-state index contributed by atoms with van der Waals surface area (Å²) in [5.41, 5.74) is 1.59. The predicted octanol–water partition coefficient (Wildman–Crippen LogP) is 5.15. The maximum absolute atomic E-state index is 12.0. The van der Waals surface area contributed by atoms with Crippen molar-refractivity contribution in [2.45, 2.75) is 12.1 Å². The Bertz CT molecular complexity index is 1660. The van der Waals surface area contributed by atoms with Gasteiger partial charge in [0.05, 0.1) is 33.6 Å². The summed E-state index contributed by atoms with van der Waals surface area (Å²) in [6.07, 6.45) is 1.66. The van der Waals surface area contributed by atoms with Gasteiger partial charge in [-0.05, 0) is 72.9 Å². The molecule has 1 fully saturated rings. The fourth-order valence-corrected chi connectivity index (χ4v) is 5.25. The van der Waals surface area contributed by atoms with Crippen molar-refractivity contribution in [3.63, 3.8) is 0 Å². The Hall–Kier alpha value is -4.78. The predicted molar refractivity (Wildman–Crippen MR) is 158 cm³/mol. The van der Waals surface area contributed by atoms with E-state index in [0.29, 0.717) is 27.9 Å². The number of amides is 1. The van der Waals surface area contributed by atoms with E-state index in [9.17, 15) is 24.6 Å². The summed E-state index contributed by atoms with van der Waals surface area (Å²) < 4.78 is 11.1. The summed E-state index contributed by atoms with van der Waals surface area (Å²) in [7, 11) is 1.41. The van der Waals surface area contributed by atoms with Crippen LogP contribution in [0.2, 0.25) is 5.02 Å². The number of anilines is 2. The lowest BCUT2D eigenvalue weighted by Crippen LogP contribution is -2.29. The highest BCUT2D eigenvalue weighted by Gasteiger charge is 2.42. The number of carboxylic acids is 2. The van der Waals surface area contributed by atoms with Crippen LogP contribution in [0.25, 0.3) is 11.3 Å². The number of hydrogen-bond acceptors (Lipinski definition) is 7. The van der Waals surface area contributed by atoms with Crippen LogP contribution in [0.4, 0.5) is 11.4 Å². The third-order valence-electron chi connectivity index (χ3n) is 6.51. The molecule has 0 saturated carbocycles. The number of halogens is 1. The SMILES string of the molecule is COCC(=O)Nc1ccc(N2C(=S)N[C@H](c3ccccn3)[C@@H]2c2ccc(-c3cc(C(=O)O)cc(C(=O)O)c3)o2)cc1Cl. The number of nitrogens with one attached hydrogen (secondary N) is 2. The van der Waals surface area contributed by atoms with Gasteiger partial charge in [0.2, 0.25) is 5.91 Å². The van der Waals surface area contributed by atoms with Crippen LogP contribution in [-0.2, 0) is 9.53 Å².